The number of anilines is 1. The number of rotatable bonds is 4. The zero-order valence-electron chi connectivity index (χ0n) is 14.1. The van der Waals surface area contributed by atoms with Crippen molar-refractivity contribution in [2.75, 3.05) is 39.6 Å². The highest BCUT2D eigenvalue weighted by Crippen LogP contribution is 2.35. The standard InChI is InChI=1S/C16H17F2NO6/c1-8-11(22-2)5-10(13(18)12(8)17)19-7-25-6-9(15(20)23-3)14(19)16(21)24-4/h5H,6-7H2,1-4H3. The highest BCUT2D eigenvalue weighted by atomic mass is 19.2. The summed E-state index contributed by atoms with van der Waals surface area (Å²) in [6.45, 7) is 0.818. The van der Waals surface area contributed by atoms with E-state index in [2.05, 4.69) is 9.47 Å². The minimum absolute atomic E-state index is 0.0292. The third-order valence-electron chi connectivity index (χ3n) is 3.73. The van der Waals surface area contributed by atoms with E-state index in [4.69, 9.17) is 9.47 Å². The van der Waals surface area contributed by atoms with Gasteiger partial charge in [0.15, 0.2) is 11.6 Å². The Morgan fingerprint density at radius 3 is 2.32 bits per heavy atom. The fraction of sp³-hybridized carbons (Fsp3) is 0.375. The first-order valence-corrected chi connectivity index (χ1v) is 7.15. The lowest BCUT2D eigenvalue weighted by molar-refractivity contribution is -0.140. The van der Waals surface area contributed by atoms with Crippen LogP contribution < -0.4 is 9.64 Å². The fourth-order valence-corrected chi connectivity index (χ4v) is 2.42. The lowest BCUT2D eigenvalue weighted by Crippen LogP contribution is -2.39. The summed E-state index contributed by atoms with van der Waals surface area (Å²) < 4.78 is 48.2. The fourth-order valence-electron chi connectivity index (χ4n) is 2.42. The van der Waals surface area contributed by atoms with E-state index in [1.165, 1.54) is 20.1 Å². The molecule has 25 heavy (non-hydrogen) atoms. The Morgan fingerprint density at radius 2 is 1.76 bits per heavy atom. The van der Waals surface area contributed by atoms with E-state index in [-0.39, 0.29) is 41.6 Å². The molecular formula is C16H17F2NO6. The lowest BCUT2D eigenvalue weighted by atomic mass is 10.1. The number of halogens is 2. The summed E-state index contributed by atoms with van der Waals surface area (Å²) in [4.78, 5) is 25.1. The van der Waals surface area contributed by atoms with Crippen molar-refractivity contribution in [1.29, 1.82) is 0 Å². The number of esters is 2. The number of ether oxygens (including phenoxy) is 4. The summed E-state index contributed by atoms with van der Waals surface area (Å²) in [6, 6.07) is 1.21. The number of nitrogens with zero attached hydrogens (tertiary/aromatic N) is 1. The van der Waals surface area contributed by atoms with Crippen LogP contribution in [0.25, 0.3) is 0 Å². The normalized spacial score (nSPS) is 14.4. The maximum atomic E-state index is 14.5. The summed E-state index contributed by atoms with van der Waals surface area (Å²) in [5, 5.41) is 0. The van der Waals surface area contributed by atoms with Gasteiger partial charge in [0.05, 0.1) is 39.2 Å². The Hall–Kier alpha value is -2.68. The van der Waals surface area contributed by atoms with E-state index in [0.29, 0.717) is 0 Å². The largest absolute Gasteiger partial charge is 0.496 e. The van der Waals surface area contributed by atoms with Gasteiger partial charge < -0.3 is 23.8 Å². The predicted octanol–water partition coefficient (Wildman–Crippen LogP) is 1.68. The molecule has 0 aliphatic carbocycles. The topological polar surface area (TPSA) is 74.3 Å². The van der Waals surface area contributed by atoms with Gasteiger partial charge in [0.2, 0.25) is 0 Å². The van der Waals surface area contributed by atoms with Crippen molar-refractivity contribution in [2.45, 2.75) is 6.92 Å². The molecule has 0 aromatic heterocycles. The van der Waals surface area contributed by atoms with Gasteiger partial charge in [-0.3, -0.25) is 0 Å². The first-order chi connectivity index (χ1) is 11.9. The molecule has 2 rings (SSSR count). The number of hydrogen-bond donors (Lipinski definition) is 0. The van der Waals surface area contributed by atoms with Crippen LogP contribution in [0.1, 0.15) is 5.56 Å². The highest BCUT2D eigenvalue weighted by Gasteiger charge is 2.34. The smallest absolute Gasteiger partial charge is 0.355 e. The van der Waals surface area contributed by atoms with Crippen molar-refractivity contribution < 1.29 is 37.3 Å². The van der Waals surface area contributed by atoms with Crippen LogP contribution in [0.3, 0.4) is 0 Å². The third-order valence-corrected chi connectivity index (χ3v) is 3.73. The van der Waals surface area contributed by atoms with Crippen LogP contribution in [0.4, 0.5) is 14.5 Å². The van der Waals surface area contributed by atoms with Gasteiger partial charge in [0, 0.05) is 11.6 Å². The number of hydrogen-bond acceptors (Lipinski definition) is 7. The van der Waals surface area contributed by atoms with Crippen molar-refractivity contribution in [3.05, 3.63) is 34.5 Å². The zero-order chi connectivity index (χ0) is 18.7. The monoisotopic (exact) mass is 357 g/mol. The number of carbonyl (C=O) groups excluding carboxylic acids is 2. The van der Waals surface area contributed by atoms with Crippen molar-refractivity contribution in [2.24, 2.45) is 0 Å². The Kier molecular flexibility index (Phi) is 5.58. The molecule has 0 N–H and O–H groups in total. The predicted molar refractivity (Wildman–Crippen MR) is 82.0 cm³/mol. The molecule has 0 atom stereocenters. The van der Waals surface area contributed by atoms with Gasteiger partial charge in [-0.2, -0.15) is 0 Å². The van der Waals surface area contributed by atoms with Crippen LogP contribution in [0.15, 0.2) is 17.3 Å². The highest BCUT2D eigenvalue weighted by molar-refractivity contribution is 6.03. The van der Waals surface area contributed by atoms with Crippen molar-refractivity contribution in [1.82, 2.24) is 0 Å². The first-order valence-electron chi connectivity index (χ1n) is 7.15. The average molecular weight is 357 g/mol. The maximum absolute atomic E-state index is 14.5. The van der Waals surface area contributed by atoms with E-state index < -0.39 is 23.6 Å². The van der Waals surface area contributed by atoms with E-state index in [9.17, 15) is 18.4 Å². The van der Waals surface area contributed by atoms with Crippen molar-refractivity contribution >= 4 is 17.6 Å². The second-order valence-corrected chi connectivity index (χ2v) is 5.07. The molecule has 0 amide bonds. The molecule has 7 nitrogen and oxygen atoms in total. The minimum atomic E-state index is -1.21. The average Bonchev–Trinajstić information content (AvgIpc) is 2.64. The zero-order valence-corrected chi connectivity index (χ0v) is 14.1. The molecule has 0 bridgehead atoms. The molecule has 1 aromatic rings. The molecule has 1 aliphatic heterocycles. The Labute approximate surface area is 142 Å². The van der Waals surface area contributed by atoms with Crippen LogP contribution in [-0.2, 0) is 23.8 Å². The van der Waals surface area contributed by atoms with Crippen molar-refractivity contribution in [3.8, 4) is 5.75 Å². The molecule has 0 unspecified atom stereocenters. The van der Waals surface area contributed by atoms with Gasteiger partial charge in [-0.25, -0.2) is 18.4 Å². The van der Waals surface area contributed by atoms with Gasteiger partial charge in [0.1, 0.15) is 18.2 Å². The maximum Gasteiger partial charge on any atom is 0.355 e. The van der Waals surface area contributed by atoms with Crippen molar-refractivity contribution in [3.63, 3.8) is 0 Å². The molecule has 0 radical (unpaired) electrons. The van der Waals surface area contributed by atoms with Gasteiger partial charge in [-0.1, -0.05) is 0 Å². The summed E-state index contributed by atoms with van der Waals surface area (Å²) in [5.74, 6) is -4.03. The van der Waals surface area contributed by atoms with Crippen LogP contribution in [0, 0.1) is 18.6 Å². The summed E-state index contributed by atoms with van der Waals surface area (Å²) in [5.41, 5.74) is -0.815. The van der Waals surface area contributed by atoms with E-state index in [1.54, 1.807) is 0 Å². The van der Waals surface area contributed by atoms with Crippen LogP contribution in [0.2, 0.25) is 0 Å². The third kappa shape index (κ3) is 3.27. The first kappa shape index (κ1) is 18.7. The molecule has 1 aliphatic rings. The summed E-state index contributed by atoms with van der Waals surface area (Å²) >= 11 is 0. The molecule has 0 saturated carbocycles. The number of benzene rings is 1. The molecule has 0 spiro atoms. The summed E-state index contributed by atoms with van der Waals surface area (Å²) in [6.07, 6.45) is 0. The van der Waals surface area contributed by atoms with Crippen LogP contribution in [0.5, 0.6) is 5.75 Å². The lowest BCUT2D eigenvalue weighted by Gasteiger charge is -2.31. The molecule has 136 valence electrons. The van der Waals surface area contributed by atoms with E-state index in [1.807, 2.05) is 0 Å². The Balaban J connectivity index is 2.70. The quantitative estimate of drug-likeness (QED) is 0.759. The van der Waals surface area contributed by atoms with Gasteiger partial charge >= 0.3 is 11.9 Å². The second kappa shape index (κ2) is 7.47. The summed E-state index contributed by atoms with van der Waals surface area (Å²) in [7, 11) is 3.52. The molecule has 1 heterocycles. The Morgan fingerprint density at radius 1 is 1.12 bits per heavy atom. The van der Waals surface area contributed by atoms with E-state index in [0.717, 1.165) is 19.1 Å². The molecule has 0 saturated heterocycles. The van der Waals surface area contributed by atoms with Crippen LogP contribution in [-0.4, -0.2) is 46.6 Å². The minimum Gasteiger partial charge on any atom is -0.496 e. The molecule has 0 fully saturated rings. The molecular weight excluding hydrogens is 340 g/mol. The number of carbonyl (C=O) groups is 2. The second-order valence-electron chi connectivity index (χ2n) is 5.07. The van der Waals surface area contributed by atoms with Gasteiger partial charge in [0.25, 0.3) is 0 Å². The molecule has 1 aromatic carbocycles. The number of methoxy groups -OCH3 is 3. The molecule has 9 heteroatoms. The van der Waals surface area contributed by atoms with E-state index >= 15 is 0 Å². The van der Waals surface area contributed by atoms with Gasteiger partial charge in [-0.05, 0) is 6.92 Å². The van der Waals surface area contributed by atoms with Crippen LogP contribution >= 0.6 is 0 Å². The Bertz CT molecular complexity index is 747. The SMILES string of the molecule is COC(=O)C1=C(C(=O)OC)N(c2cc(OC)c(C)c(F)c2F)COC1. The van der Waals surface area contributed by atoms with Gasteiger partial charge in [-0.15, -0.1) is 0 Å².